The molecule has 4 nitrogen and oxygen atoms in total. The quantitative estimate of drug-likeness (QED) is 0.882. The van der Waals surface area contributed by atoms with Crippen LogP contribution in [0.2, 0.25) is 0 Å². The molecule has 1 aromatic carbocycles. The fourth-order valence-electron chi connectivity index (χ4n) is 2.52. The number of carbonyl (C=O) groups excluding carboxylic acids is 1. The summed E-state index contributed by atoms with van der Waals surface area (Å²) in [7, 11) is 0. The lowest BCUT2D eigenvalue weighted by Gasteiger charge is -2.35. The zero-order valence-electron chi connectivity index (χ0n) is 11.3. The summed E-state index contributed by atoms with van der Waals surface area (Å²) < 4.78 is 0. The van der Waals surface area contributed by atoms with Gasteiger partial charge in [0.2, 0.25) is 5.91 Å². The molecular formula is C15H19NO3. The highest BCUT2D eigenvalue weighted by Gasteiger charge is 2.35. The third-order valence-corrected chi connectivity index (χ3v) is 3.63. The summed E-state index contributed by atoms with van der Waals surface area (Å²) in [5, 5.41) is 8.76. The molecule has 0 fully saturated rings. The SMILES string of the molecule is CC(C)N(CCC(=O)O)C(=O)C1Cc2ccccc21. The maximum atomic E-state index is 12.5. The summed E-state index contributed by atoms with van der Waals surface area (Å²) in [6.45, 7) is 4.12. The molecule has 1 N–H and O–H groups in total. The fourth-order valence-corrected chi connectivity index (χ4v) is 2.52. The van der Waals surface area contributed by atoms with Crippen molar-refractivity contribution in [3.63, 3.8) is 0 Å². The second kappa shape index (κ2) is 5.43. The van der Waals surface area contributed by atoms with E-state index in [1.165, 1.54) is 5.56 Å². The van der Waals surface area contributed by atoms with Crippen LogP contribution in [-0.2, 0) is 16.0 Å². The van der Waals surface area contributed by atoms with Crippen molar-refractivity contribution in [2.45, 2.75) is 38.6 Å². The lowest BCUT2D eigenvalue weighted by atomic mass is 9.76. The van der Waals surface area contributed by atoms with Crippen molar-refractivity contribution < 1.29 is 14.7 Å². The molecule has 1 aliphatic rings. The number of hydrogen-bond donors (Lipinski definition) is 1. The summed E-state index contributed by atoms with van der Waals surface area (Å²) in [4.78, 5) is 24.8. The van der Waals surface area contributed by atoms with Crippen LogP contribution < -0.4 is 0 Å². The molecule has 0 bridgehead atoms. The summed E-state index contributed by atoms with van der Waals surface area (Å²) in [5.74, 6) is -0.908. The molecule has 0 spiro atoms. The summed E-state index contributed by atoms with van der Waals surface area (Å²) >= 11 is 0. The largest absolute Gasteiger partial charge is 0.481 e. The molecule has 4 heteroatoms. The number of benzene rings is 1. The lowest BCUT2D eigenvalue weighted by molar-refractivity contribution is -0.139. The van der Waals surface area contributed by atoms with Crippen LogP contribution in [0.15, 0.2) is 24.3 Å². The van der Waals surface area contributed by atoms with Gasteiger partial charge >= 0.3 is 5.97 Å². The molecule has 0 heterocycles. The molecule has 1 aliphatic carbocycles. The van der Waals surface area contributed by atoms with Crippen LogP contribution >= 0.6 is 0 Å². The molecule has 1 aromatic rings. The van der Waals surface area contributed by atoms with Crippen molar-refractivity contribution >= 4 is 11.9 Å². The van der Waals surface area contributed by atoms with Crippen LogP contribution in [0.25, 0.3) is 0 Å². The van der Waals surface area contributed by atoms with E-state index in [4.69, 9.17) is 5.11 Å². The number of hydrogen-bond acceptors (Lipinski definition) is 2. The summed E-state index contributed by atoms with van der Waals surface area (Å²) in [5.41, 5.74) is 2.32. The van der Waals surface area contributed by atoms with E-state index in [0.717, 1.165) is 12.0 Å². The first-order valence-electron chi connectivity index (χ1n) is 6.60. The van der Waals surface area contributed by atoms with E-state index in [1.807, 2.05) is 38.1 Å². The number of nitrogens with zero attached hydrogens (tertiary/aromatic N) is 1. The van der Waals surface area contributed by atoms with Gasteiger partial charge in [-0.05, 0) is 31.4 Å². The maximum absolute atomic E-state index is 12.5. The Morgan fingerprint density at radius 3 is 2.63 bits per heavy atom. The van der Waals surface area contributed by atoms with Crippen molar-refractivity contribution in [2.24, 2.45) is 0 Å². The molecular weight excluding hydrogens is 242 g/mol. The Morgan fingerprint density at radius 1 is 1.37 bits per heavy atom. The smallest absolute Gasteiger partial charge is 0.305 e. The van der Waals surface area contributed by atoms with Crippen LogP contribution in [0, 0.1) is 0 Å². The third-order valence-electron chi connectivity index (χ3n) is 3.63. The van der Waals surface area contributed by atoms with E-state index in [1.54, 1.807) is 4.90 Å². The predicted octanol–water partition coefficient (Wildman–Crippen LogP) is 2.04. The van der Waals surface area contributed by atoms with Crippen LogP contribution in [0.3, 0.4) is 0 Å². The van der Waals surface area contributed by atoms with Crippen molar-refractivity contribution in [2.75, 3.05) is 6.54 Å². The van der Waals surface area contributed by atoms with E-state index in [2.05, 4.69) is 0 Å². The van der Waals surface area contributed by atoms with Crippen molar-refractivity contribution in [1.82, 2.24) is 4.90 Å². The monoisotopic (exact) mass is 261 g/mol. The van der Waals surface area contributed by atoms with Gasteiger partial charge in [-0.15, -0.1) is 0 Å². The summed E-state index contributed by atoms with van der Waals surface area (Å²) in [6.07, 6.45) is 0.767. The molecule has 0 saturated heterocycles. The number of carboxylic acids is 1. The van der Waals surface area contributed by atoms with Crippen LogP contribution in [0.1, 0.15) is 37.3 Å². The van der Waals surface area contributed by atoms with E-state index in [-0.39, 0.29) is 30.8 Å². The molecule has 0 radical (unpaired) electrons. The first-order valence-corrected chi connectivity index (χ1v) is 6.60. The maximum Gasteiger partial charge on any atom is 0.305 e. The second-order valence-electron chi connectivity index (χ2n) is 5.22. The van der Waals surface area contributed by atoms with Gasteiger partial charge in [-0.1, -0.05) is 24.3 Å². The number of amides is 1. The average molecular weight is 261 g/mol. The molecule has 0 saturated carbocycles. The molecule has 19 heavy (non-hydrogen) atoms. The van der Waals surface area contributed by atoms with Gasteiger partial charge in [0.05, 0.1) is 12.3 Å². The Hall–Kier alpha value is -1.84. The first-order chi connectivity index (χ1) is 9.00. The molecule has 0 aromatic heterocycles. The number of fused-ring (bicyclic) bond motifs is 1. The van der Waals surface area contributed by atoms with Crippen molar-refractivity contribution in [1.29, 1.82) is 0 Å². The molecule has 102 valence electrons. The van der Waals surface area contributed by atoms with Crippen LogP contribution in [-0.4, -0.2) is 34.5 Å². The predicted molar refractivity (Wildman–Crippen MR) is 72.0 cm³/mol. The van der Waals surface area contributed by atoms with Gasteiger partial charge in [-0.3, -0.25) is 9.59 Å². The van der Waals surface area contributed by atoms with E-state index in [0.29, 0.717) is 0 Å². The van der Waals surface area contributed by atoms with Crippen LogP contribution in [0.4, 0.5) is 0 Å². The Morgan fingerprint density at radius 2 is 2.05 bits per heavy atom. The minimum atomic E-state index is -0.868. The first kappa shape index (κ1) is 13.6. The van der Waals surface area contributed by atoms with Gasteiger partial charge in [0, 0.05) is 12.6 Å². The Kier molecular flexibility index (Phi) is 3.88. The molecule has 1 atom stereocenters. The Labute approximate surface area is 113 Å². The van der Waals surface area contributed by atoms with E-state index in [9.17, 15) is 9.59 Å². The second-order valence-corrected chi connectivity index (χ2v) is 5.22. The zero-order valence-corrected chi connectivity index (χ0v) is 11.3. The normalized spacial score (nSPS) is 16.7. The molecule has 2 rings (SSSR count). The third kappa shape index (κ3) is 2.78. The fraction of sp³-hybridized carbons (Fsp3) is 0.467. The molecule has 1 unspecified atom stereocenters. The van der Waals surface area contributed by atoms with Gasteiger partial charge in [0.1, 0.15) is 0 Å². The molecule has 1 amide bonds. The highest BCUT2D eigenvalue weighted by Crippen LogP contribution is 2.36. The minimum absolute atomic E-state index is 0.00170. The van der Waals surface area contributed by atoms with Gasteiger partial charge < -0.3 is 10.0 Å². The number of rotatable bonds is 5. The van der Waals surface area contributed by atoms with Crippen LogP contribution in [0.5, 0.6) is 0 Å². The van der Waals surface area contributed by atoms with Gasteiger partial charge in [0.25, 0.3) is 0 Å². The topological polar surface area (TPSA) is 57.6 Å². The average Bonchev–Trinajstić information content (AvgIpc) is 2.30. The lowest BCUT2D eigenvalue weighted by Crippen LogP contribution is -2.44. The number of aliphatic carboxylic acids is 1. The van der Waals surface area contributed by atoms with E-state index < -0.39 is 5.97 Å². The van der Waals surface area contributed by atoms with Crippen molar-refractivity contribution in [3.8, 4) is 0 Å². The standard InChI is InChI=1S/C15H19NO3/c1-10(2)16(8-7-14(17)18)15(19)13-9-11-5-3-4-6-12(11)13/h3-6,10,13H,7-9H2,1-2H3,(H,17,18). The van der Waals surface area contributed by atoms with Crippen molar-refractivity contribution in [3.05, 3.63) is 35.4 Å². The molecule has 0 aliphatic heterocycles. The van der Waals surface area contributed by atoms with Gasteiger partial charge in [0.15, 0.2) is 0 Å². The number of carboxylic acid groups (broad SMARTS) is 1. The highest BCUT2D eigenvalue weighted by molar-refractivity contribution is 5.87. The van der Waals surface area contributed by atoms with E-state index >= 15 is 0 Å². The zero-order chi connectivity index (χ0) is 14.0. The van der Waals surface area contributed by atoms with Gasteiger partial charge in [-0.2, -0.15) is 0 Å². The minimum Gasteiger partial charge on any atom is -0.481 e. The Bertz CT molecular complexity index is 496. The van der Waals surface area contributed by atoms with Gasteiger partial charge in [-0.25, -0.2) is 0 Å². The number of carbonyl (C=O) groups is 2. The summed E-state index contributed by atoms with van der Waals surface area (Å²) in [6, 6.07) is 7.96. The highest BCUT2D eigenvalue weighted by atomic mass is 16.4. The Balaban J connectivity index is 2.07.